The summed E-state index contributed by atoms with van der Waals surface area (Å²) in [6, 6.07) is 8.86. The van der Waals surface area contributed by atoms with Crippen LogP contribution < -0.4 is 5.73 Å². The average molecular weight is 250 g/mol. The van der Waals surface area contributed by atoms with E-state index in [0.29, 0.717) is 0 Å². The fourth-order valence-corrected chi connectivity index (χ4v) is 2.17. The minimum atomic E-state index is 0.231. The molecule has 1 aromatic rings. The van der Waals surface area contributed by atoms with E-state index in [2.05, 4.69) is 43.1 Å². The van der Waals surface area contributed by atoms with Gasteiger partial charge in [0.25, 0.3) is 0 Å². The number of nitrogens with zero attached hydrogens (tertiary/aromatic N) is 1. The standard InChI is InChI=1S/C15H26N2O/c1-13-6-4-7-14(10-13)11-17(2)12-15(16)8-5-9-18-3/h4,6-7,10,15H,5,8-9,11-12,16H2,1-3H3. The molecular formula is C15H26N2O. The van der Waals surface area contributed by atoms with Crippen molar-refractivity contribution in [1.29, 1.82) is 0 Å². The molecule has 0 amide bonds. The zero-order valence-corrected chi connectivity index (χ0v) is 11.9. The van der Waals surface area contributed by atoms with Gasteiger partial charge in [0.05, 0.1) is 0 Å². The van der Waals surface area contributed by atoms with Gasteiger partial charge in [-0.1, -0.05) is 29.8 Å². The highest BCUT2D eigenvalue weighted by Crippen LogP contribution is 2.07. The van der Waals surface area contributed by atoms with Gasteiger partial charge in [-0.05, 0) is 32.4 Å². The van der Waals surface area contributed by atoms with E-state index in [1.54, 1.807) is 7.11 Å². The summed E-state index contributed by atoms with van der Waals surface area (Å²) in [5, 5.41) is 0. The molecule has 1 unspecified atom stereocenters. The van der Waals surface area contributed by atoms with Gasteiger partial charge in [-0.25, -0.2) is 0 Å². The maximum absolute atomic E-state index is 6.10. The number of ether oxygens (including phenoxy) is 1. The quantitative estimate of drug-likeness (QED) is 0.719. The van der Waals surface area contributed by atoms with Crippen molar-refractivity contribution in [1.82, 2.24) is 4.90 Å². The number of nitrogens with two attached hydrogens (primary N) is 1. The zero-order chi connectivity index (χ0) is 13.4. The Labute approximate surface area is 111 Å². The van der Waals surface area contributed by atoms with Gasteiger partial charge in [0.2, 0.25) is 0 Å². The monoisotopic (exact) mass is 250 g/mol. The predicted octanol–water partition coefficient (Wildman–Crippen LogP) is 2.18. The molecule has 1 rings (SSSR count). The van der Waals surface area contributed by atoms with E-state index in [9.17, 15) is 0 Å². The molecule has 0 bridgehead atoms. The van der Waals surface area contributed by atoms with Gasteiger partial charge in [0, 0.05) is 32.8 Å². The Morgan fingerprint density at radius 3 is 2.83 bits per heavy atom. The van der Waals surface area contributed by atoms with Crippen LogP contribution in [0.4, 0.5) is 0 Å². The minimum absolute atomic E-state index is 0.231. The minimum Gasteiger partial charge on any atom is -0.385 e. The first-order valence-corrected chi connectivity index (χ1v) is 6.60. The van der Waals surface area contributed by atoms with E-state index in [1.807, 2.05) is 0 Å². The number of aryl methyl sites for hydroxylation is 1. The molecule has 3 nitrogen and oxygen atoms in total. The topological polar surface area (TPSA) is 38.5 Å². The highest BCUT2D eigenvalue weighted by atomic mass is 16.5. The number of rotatable bonds is 8. The SMILES string of the molecule is COCCCC(N)CN(C)Cc1cccc(C)c1. The van der Waals surface area contributed by atoms with Crippen molar-refractivity contribution in [3.63, 3.8) is 0 Å². The number of hydrogen-bond donors (Lipinski definition) is 1. The van der Waals surface area contributed by atoms with Crippen molar-refractivity contribution >= 4 is 0 Å². The third-order valence-electron chi connectivity index (χ3n) is 3.00. The highest BCUT2D eigenvalue weighted by Gasteiger charge is 2.07. The fourth-order valence-electron chi connectivity index (χ4n) is 2.17. The summed E-state index contributed by atoms with van der Waals surface area (Å²) in [6.45, 7) is 4.81. The third kappa shape index (κ3) is 6.15. The largest absolute Gasteiger partial charge is 0.385 e. The first kappa shape index (κ1) is 15.2. The van der Waals surface area contributed by atoms with E-state index in [-0.39, 0.29) is 6.04 Å². The summed E-state index contributed by atoms with van der Waals surface area (Å²) in [5.74, 6) is 0. The molecule has 18 heavy (non-hydrogen) atoms. The second-order valence-electron chi connectivity index (χ2n) is 5.08. The summed E-state index contributed by atoms with van der Waals surface area (Å²) in [4.78, 5) is 2.28. The van der Waals surface area contributed by atoms with Crippen LogP contribution in [-0.4, -0.2) is 38.3 Å². The molecular weight excluding hydrogens is 224 g/mol. The Bertz CT molecular complexity index is 341. The highest BCUT2D eigenvalue weighted by molar-refractivity contribution is 5.21. The first-order chi connectivity index (χ1) is 8.61. The van der Waals surface area contributed by atoms with Crippen LogP contribution in [-0.2, 0) is 11.3 Å². The summed E-state index contributed by atoms with van der Waals surface area (Å²) >= 11 is 0. The number of hydrogen-bond acceptors (Lipinski definition) is 3. The molecule has 0 aliphatic heterocycles. The van der Waals surface area contributed by atoms with Crippen LogP contribution >= 0.6 is 0 Å². The third-order valence-corrected chi connectivity index (χ3v) is 3.00. The van der Waals surface area contributed by atoms with Crippen molar-refractivity contribution in [3.05, 3.63) is 35.4 Å². The molecule has 0 heterocycles. The van der Waals surface area contributed by atoms with Gasteiger partial charge in [-0.2, -0.15) is 0 Å². The Kier molecular flexibility index (Phi) is 6.94. The van der Waals surface area contributed by atoms with Crippen LogP contribution in [0.2, 0.25) is 0 Å². The summed E-state index contributed by atoms with van der Waals surface area (Å²) in [5.41, 5.74) is 8.76. The van der Waals surface area contributed by atoms with Gasteiger partial charge in [0.1, 0.15) is 0 Å². The molecule has 1 atom stereocenters. The second kappa shape index (κ2) is 8.25. The van der Waals surface area contributed by atoms with E-state index in [1.165, 1.54) is 11.1 Å². The van der Waals surface area contributed by atoms with Crippen LogP contribution in [0.1, 0.15) is 24.0 Å². The Balaban J connectivity index is 2.30. The van der Waals surface area contributed by atoms with Crippen LogP contribution in [0.25, 0.3) is 0 Å². The molecule has 0 aliphatic rings. The Morgan fingerprint density at radius 2 is 2.17 bits per heavy atom. The summed E-state index contributed by atoms with van der Waals surface area (Å²) < 4.78 is 5.04. The lowest BCUT2D eigenvalue weighted by molar-refractivity contribution is 0.187. The van der Waals surface area contributed by atoms with Crippen LogP contribution in [0.15, 0.2) is 24.3 Å². The van der Waals surface area contributed by atoms with Crippen LogP contribution in [0.3, 0.4) is 0 Å². The summed E-state index contributed by atoms with van der Waals surface area (Å²) in [7, 11) is 3.86. The van der Waals surface area contributed by atoms with E-state index < -0.39 is 0 Å². The first-order valence-electron chi connectivity index (χ1n) is 6.60. The number of benzene rings is 1. The van der Waals surface area contributed by atoms with E-state index in [4.69, 9.17) is 10.5 Å². The molecule has 0 spiro atoms. The van der Waals surface area contributed by atoms with Crippen molar-refractivity contribution in [2.24, 2.45) is 5.73 Å². The van der Waals surface area contributed by atoms with E-state index >= 15 is 0 Å². The Morgan fingerprint density at radius 1 is 1.39 bits per heavy atom. The fraction of sp³-hybridized carbons (Fsp3) is 0.600. The molecule has 0 aliphatic carbocycles. The predicted molar refractivity (Wildman–Crippen MR) is 76.6 cm³/mol. The lowest BCUT2D eigenvalue weighted by Gasteiger charge is -2.21. The zero-order valence-electron chi connectivity index (χ0n) is 11.9. The molecule has 0 fully saturated rings. The molecule has 0 saturated heterocycles. The van der Waals surface area contributed by atoms with Gasteiger partial charge < -0.3 is 15.4 Å². The molecule has 102 valence electrons. The number of methoxy groups -OCH3 is 1. The normalized spacial score (nSPS) is 12.9. The lowest BCUT2D eigenvalue weighted by Crippen LogP contribution is -2.35. The van der Waals surface area contributed by atoms with Crippen molar-refractivity contribution in [2.45, 2.75) is 32.4 Å². The summed E-state index contributed by atoms with van der Waals surface area (Å²) in [6.07, 6.45) is 2.06. The average Bonchev–Trinajstić information content (AvgIpc) is 2.29. The van der Waals surface area contributed by atoms with Crippen molar-refractivity contribution < 1.29 is 4.74 Å². The molecule has 1 aromatic carbocycles. The second-order valence-corrected chi connectivity index (χ2v) is 5.08. The maximum Gasteiger partial charge on any atom is 0.0462 e. The number of likely N-dealkylation sites (N-methyl/N-ethyl adjacent to an activating group) is 1. The van der Waals surface area contributed by atoms with E-state index in [0.717, 1.165) is 32.5 Å². The van der Waals surface area contributed by atoms with Gasteiger partial charge >= 0.3 is 0 Å². The lowest BCUT2D eigenvalue weighted by atomic mass is 10.1. The Hall–Kier alpha value is -0.900. The molecule has 0 radical (unpaired) electrons. The molecule has 3 heteroatoms. The molecule has 0 aromatic heterocycles. The molecule has 0 saturated carbocycles. The van der Waals surface area contributed by atoms with Gasteiger partial charge in [-0.3, -0.25) is 0 Å². The molecule has 2 N–H and O–H groups in total. The van der Waals surface area contributed by atoms with Gasteiger partial charge in [0.15, 0.2) is 0 Å². The maximum atomic E-state index is 6.10. The van der Waals surface area contributed by atoms with Gasteiger partial charge in [-0.15, -0.1) is 0 Å². The van der Waals surface area contributed by atoms with Crippen molar-refractivity contribution in [3.8, 4) is 0 Å². The smallest absolute Gasteiger partial charge is 0.0462 e. The van der Waals surface area contributed by atoms with Crippen LogP contribution in [0.5, 0.6) is 0 Å². The van der Waals surface area contributed by atoms with Crippen LogP contribution in [0, 0.1) is 6.92 Å². The van der Waals surface area contributed by atoms with Crippen molar-refractivity contribution in [2.75, 3.05) is 27.3 Å².